The molecule has 6 aliphatic rings. The summed E-state index contributed by atoms with van der Waals surface area (Å²) < 4.78 is 0. The van der Waals surface area contributed by atoms with E-state index in [1.54, 1.807) is 0 Å². The molecule has 0 spiro atoms. The number of rotatable bonds is 0. The molecule has 1 heteroatoms. The summed E-state index contributed by atoms with van der Waals surface area (Å²) in [7, 11) is 0. The van der Waals surface area contributed by atoms with E-state index in [4.69, 9.17) is 0 Å². The first-order chi connectivity index (χ1) is 4.00. The summed E-state index contributed by atoms with van der Waals surface area (Å²) in [5, 5.41) is 0. The van der Waals surface area contributed by atoms with Crippen LogP contribution < -0.4 is 18.9 Å². The maximum atomic E-state index is 2.05. The summed E-state index contributed by atoms with van der Waals surface area (Å²) in [5.41, 5.74) is 0. The van der Waals surface area contributed by atoms with Crippen molar-refractivity contribution in [2.24, 2.45) is 41.4 Å². The fourth-order valence-electron chi connectivity index (χ4n) is 4.85. The quantitative estimate of drug-likeness (QED) is 0.248. The van der Waals surface area contributed by atoms with Crippen molar-refractivity contribution in [3.63, 3.8) is 0 Å². The van der Waals surface area contributed by atoms with Gasteiger partial charge in [0, 0.05) is 0 Å². The van der Waals surface area contributed by atoms with Gasteiger partial charge >= 0.3 is 18.9 Å². The van der Waals surface area contributed by atoms with Crippen LogP contribution >= 0.6 is 0 Å². The van der Waals surface area contributed by atoms with Gasteiger partial charge in [0.25, 0.3) is 0 Å². The van der Waals surface area contributed by atoms with Crippen LogP contribution in [0.2, 0.25) is 0 Å². The molecule has 40 valence electrons. The first kappa shape index (κ1) is 4.47. The molecule has 6 fully saturated rings. The Morgan fingerprint density at radius 3 is 1.22 bits per heavy atom. The zero-order valence-electron chi connectivity index (χ0n) is 5.54. The molecule has 0 N–H and O–H groups in total. The average Bonchev–Trinajstić information content (AvgIpc) is 1.90. The Hall–Kier alpha value is 0.597. The van der Waals surface area contributed by atoms with Gasteiger partial charge in [0.2, 0.25) is 0 Å². The van der Waals surface area contributed by atoms with Crippen LogP contribution in [0.1, 0.15) is 0 Å². The Bertz CT molecular complexity index is 115. The van der Waals surface area contributed by atoms with E-state index in [9.17, 15) is 0 Å². The molecule has 9 heavy (non-hydrogen) atoms. The first-order valence-corrected chi connectivity index (χ1v) is 3.87. The third-order valence-electron chi connectivity index (χ3n) is 4.98. The van der Waals surface area contributed by atoms with Crippen molar-refractivity contribution < 1.29 is 18.9 Å². The van der Waals surface area contributed by atoms with Crippen molar-refractivity contribution in [1.29, 1.82) is 0 Å². The minimum atomic E-state index is 0. The molecule has 0 unspecified atom stereocenters. The molecule has 0 radical (unpaired) electrons. The van der Waals surface area contributed by atoms with Gasteiger partial charge in [-0.3, -0.25) is 0 Å². The van der Waals surface area contributed by atoms with Crippen LogP contribution in [0.3, 0.4) is 0 Å². The molecular formula is C8H7Li. The van der Waals surface area contributed by atoms with E-state index in [2.05, 4.69) is 0 Å². The standard InChI is InChI=1S/C8H7.Li/c1-2-5-3(1)7-4(1)6(2)8(5)7;/h1-7H;/q-1;+1. The van der Waals surface area contributed by atoms with Crippen molar-refractivity contribution in [3.05, 3.63) is 5.92 Å². The van der Waals surface area contributed by atoms with Crippen molar-refractivity contribution in [1.82, 2.24) is 0 Å². The third kappa shape index (κ3) is 0.158. The predicted molar refractivity (Wildman–Crippen MR) is 27.7 cm³/mol. The fraction of sp³-hybridized carbons (Fsp3) is 0.875. The molecule has 0 aromatic rings. The van der Waals surface area contributed by atoms with Crippen LogP contribution in [0, 0.1) is 47.3 Å². The van der Waals surface area contributed by atoms with E-state index in [1.165, 1.54) is 41.4 Å². The molecule has 6 saturated carbocycles. The van der Waals surface area contributed by atoms with Crippen LogP contribution in [0.25, 0.3) is 0 Å². The second kappa shape index (κ2) is 0.820. The van der Waals surface area contributed by atoms with Gasteiger partial charge in [-0.1, -0.05) is 17.8 Å². The molecule has 0 amide bonds. The van der Waals surface area contributed by atoms with Gasteiger partial charge in [-0.15, -0.1) is 0 Å². The van der Waals surface area contributed by atoms with Crippen LogP contribution in [-0.2, 0) is 0 Å². The maximum absolute atomic E-state index is 2.05. The third-order valence-corrected chi connectivity index (χ3v) is 4.98. The summed E-state index contributed by atoms with van der Waals surface area (Å²) in [4.78, 5) is 0. The normalized spacial score (nSPS) is 90.0. The summed E-state index contributed by atoms with van der Waals surface area (Å²) in [5.74, 6) is 11.0. The summed E-state index contributed by atoms with van der Waals surface area (Å²) in [6.07, 6.45) is 0. The predicted octanol–water partition coefficient (Wildman–Crippen LogP) is -2.05. The zero-order valence-corrected chi connectivity index (χ0v) is 5.54. The van der Waals surface area contributed by atoms with Crippen molar-refractivity contribution in [3.8, 4) is 0 Å². The molecule has 6 rings (SSSR count). The largest absolute Gasteiger partial charge is 1.00 e. The SMILES string of the molecule is [C-]12C3C4C1C1C2C3C41.[Li+]. The Kier molecular flexibility index (Phi) is 0.407. The van der Waals surface area contributed by atoms with E-state index >= 15 is 0 Å². The molecule has 0 aromatic heterocycles. The van der Waals surface area contributed by atoms with Gasteiger partial charge in [0.1, 0.15) is 0 Å². The van der Waals surface area contributed by atoms with Gasteiger partial charge in [-0.25, -0.2) is 0 Å². The molecule has 0 nitrogen and oxygen atoms in total. The monoisotopic (exact) mass is 110 g/mol. The molecule has 6 aliphatic carbocycles. The molecule has 0 aliphatic heterocycles. The molecule has 0 aromatic carbocycles. The molecule has 0 atom stereocenters. The van der Waals surface area contributed by atoms with Gasteiger partial charge in [-0.05, 0) is 5.92 Å². The number of hydrogen-bond acceptors (Lipinski definition) is 0. The molecule has 0 bridgehead atoms. The van der Waals surface area contributed by atoms with E-state index in [1.807, 2.05) is 5.92 Å². The number of hydrogen-bond donors (Lipinski definition) is 0. The van der Waals surface area contributed by atoms with Crippen molar-refractivity contribution in [2.45, 2.75) is 0 Å². The zero-order chi connectivity index (χ0) is 4.62. The summed E-state index contributed by atoms with van der Waals surface area (Å²) in [6.45, 7) is 0. The van der Waals surface area contributed by atoms with Crippen LogP contribution in [0.5, 0.6) is 0 Å². The van der Waals surface area contributed by atoms with Crippen molar-refractivity contribution in [2.75, 3.05) is 0 Å². The van der Waals surface area contributed by atoms with Gasteiger partial charge in [0.15, 0.2) is 0 Å². The van der Waals surface area contributed by atoms with Crippen LogP contribution in [0.15, 0.2) is 0 Å². The Morgan fingerprint density at radius 1 is 0.667 bits per heavy atom. The summed E-state index contributed by atoms with van der Waals surface area (Å²) in [6, 6.07) is 0. The second-order valence-electron chi connectivity index (χ2n) is 4.39. The first-order valence-electron chi connectivity index (χ1n) is 3.87. The van der Waals surface area contributed by atoms with Crippen LogP contribution in [0.4, 0.5) is 0 Å². The smallest absolute Gasteiger partial charge is 0.303 e. The minimum Gasteiger partial charge on any atom is -0.303 e. The van der Waals surface area contributed by atoms with E-state index < -0.39 is 0 Å². The molecule has 0 heterocycles. The molecular weight excluding hydrogens is 103 g/mol. The minimum absolute atomic E-state index is 0. The second-order valence-corrected chi connectivity index (χ2v) is 4.39. The Balaban J connectivity index is 0.000000288. The van der Waals surface area contributed by atoms with Gasteiger partial charge in [0.05, 0.1) is 0 Å². The van der Waals surface area contributed by atoms with E-state index in [-0.39, 0.29) is 18.9 Å². The maximum Gasteiger partial charge on any atom is 1.00 e. The topological polar surface area (TPSA) is 0 Å². The average molecular weight is 110 g/mol. The Labute approximate surface area is 66.6 Å². The van der Waals surface area contributed by atoms with Crippen LogP contribution in [-0.4, -0.2) is 0 Å². The summed E-state index contributed by atoms with van der Waals surface area (Å²) >= 11 is 0. The van der Waals surface area contributed by atoms with E-state index in [0.717, 1.165) is 0 Å². The molecule has 0 saturated heterocycles. The Morgan fingerprint density at radius 2 is 1.11 bits per heavy atom. The van der Waals surface area contributed by atoms with Gasteiger partial charge < -0.3 is 5.92 Å². The van der Waals surface area contributed by atoms with Crippen molar-refractivity contribution >= 4 is 0 Å². The van der Waals surface area contributed by atoms with E-state index in [0.29, 0.717) is 0 Å². The fourth-order valence-corrected chi connectivity index (χ4v) is 4.85. The van der Waals surface area contributed by atoms with Gasteiger partial charge in [-0.2, -0.15) is 17.8 Å².